The first-order chi connectivity index (χ1) is 14.9. The van der Waals surface area contributed by atoms with Crippen LogP contribution < -0.4 is 0 Å². The van der Waals surface area contributed by atoms with Gasteiger partial charge in [0, 0.05) is 43.6 Å². The summed E-state index contributed by atoms with van der Waals surface area (Å²) in [6.07, 6.45) is 1.72. The summed E-state index contributed by atoms with van der Waals surface area (Å²) in [7, 11) is 0. The van der Waals surface area contributed by atoms with Crippen LogP contribution in [0.15, 0.2) is 59.1 Å². The topological polar surface area (TPSA) is 102 Å². The number of amides is 1. The van der Waals surface area contributed by atoms with Crippen LogP contribution in [0.4, 0.5) is 5.69 Å². The molecule has 1 amide bonds. The Bertz CT molecular complexity index is 1000. The van der Waals surface area contributed by atoms with Gasteiger partial charge in [0.05, 0.1) is 4.92 Å². The maximum Gasteiger partial charge on any atom is 0.269 e. The van der Waals surface area contributed by atoms with Gasteiger partial charge in [-0.25, -0.2) is 0 Å². The average Bonchev–Trinajstić information content (AvgIpc) is 3.23. The lowest BCUT2D eigenvalue weighted by Crippen LogP contribution is -2.35. The number of hydrogen-bond donors (Lipinski definition) is 0. The summed E-state index contributed by atoms with van der Waals surface area (Å²) in [5.74, 6) is 1.19. The van der Waals surface area contributed by atoms with Crippen molar-refractivity contribution < 1.29 is 14.2 Å². The van der Waals surface area contributed by atoms with Crippen LogP contribution in [0.25, 0.3) is 11.4 Å². The van der Waals surface area contributed by atoms with E-state index in [1.54, 1.807) is 12.1 Å². The largest absolute Gasteiger partial charge is 0.342 e. The zero-order valence-corrected chi connectivity index (χ0v) is 17.7. The van der Waals surface area contributed by atoms with Crippen LogP contribution in [0, 0.1) is 16.0 Å². The van der Waals surface area contributed by atoms with Gasteiger partial charge in [-0.2, -0.15) is 4.98 Å². The van der Waals surface area contributed by atoms with Gasteiger partial charge in [0.2, 0.25) is 17.6 Å². The molecule has 0 saturated heterocycles. The lowest BCUT2D eigenvalue weighted by Gasteiger charge is -2.23. The number of carbonyl (C=O) groups excluding carboxylic acids is 1. The standard InChI is InChI=1S/C23H26N4O4/c1-17(2)16-22(28)26(14-12-18-6-4-3-5-7-18)15-13-21-24-23(25-31-21)19-8-10-20(11-9-19)27(29)30/h3-11,17H,12-16H2,1-2H3. The summed E-state index contributed by atoms with van der Waals surface area (Å²) >= 11 is 0. The Morgan fingerprint density at radius 1 is 1.06 bits per heavy atom. The first kappa shape index (κ1) is 22.1. The minimum atomic E-state index is -0.455. The molecule has 0 aliphatic rings. The van der Waals surface area contributed by atoms with E-state index in [9.17, 15) is 14.9 Å². The highest BCUT2D eigenvalue weighted by Gasteiger charge is 2.17. The third kappa shape index (κ3) is 6.47. The van der Waals surface area contributed by atoms with E-state index in [-0.39, 0.29) is 17.5 Å². The highest BCUT2D eigenvalue weighted by atomic mass is 16.6. The Balaban J connectivity index is 1.63. The van der Waals surface area contributed by atoms with Crippen molar-refractivity contribution in [2.75, 3.05) is 13.1 Å². The number of nitro benzene ring substituents is 1. The lowest BCUT2D eigenvalue weighted by molar-refractivity contribution is -0.384. The molecule has 0 atom stereocenters. The van der Waals surface area contributed by atoms with E-state index in [1.807, 2.05) is 36.9 Å². The highest BCUT2D eigenvalue weighted by Crippen LogP contribution is 2.20. The van der Waals surface area contributed by atoms with Gasteiger partial charge in [0.15, 0.2) is 0 Å². The zero-order chi connectivity index (χ0) is 22.2. The van der Waals surface area contributed by atoms with Crippen molar-refractivity contribution in [1.82, 2.24) is 15.0 Å². The second-order valence-corrected chi connectivity index (χ2v) is 7.78. The van der Waals surface area contributed by atoms with Crippen LogP contribution in [0.1, 0.15) is 31.7 Å². The van der Waals surface area contributed by atoms with E-state index in [0.717, 1.165) is 6.42 Å². The summed E-state index contributed by atoms with van der Waals surface area (Å²) < 4.78 is 5.34. The van der Waals surface area contributed by atoms with E-state index >= 15 is 0 Å². The summed E-state index contributed by atoms with van der Waals surface area (Å²) in [5.41, 5.74) is 1.82. The molecule has 162 valence electrons. The quantitative estimate of drug-likeness (QED) is 0.356. The number of carbonyl (C=O) groups is 1. The number of rotatable bonds is 10. The predicted octanol–water partition coefficient (Wildman–Crippen LogP) is 4.30. The summed E-state index contributed by atoms with van der Waals surface area (Å²) in [6, 6.07) is 16.1. The monoisotopic (exact) mass is 422 g/mol. The van der Waals surface area contributed by atoms with Crippen LogP contribution in [-0.2, 0) is 17.6 Å². The number of nitro groups is 1. The number of nitrogens with zero attached hydrogens (tertiary/aromatic N) is 4. The van der Waals surface area contributed by atoms with Gasteiger partial charge in [0.1, 0.15) is 0 Å². The Morgan fingerprint density at radius 3 is 2.39 bits per heavy atom. The second-order valence-electron chi connectivity index (χ2n) is 7.78. The molecule has 0 fully saturated rings. The van der Waals surface area contributed by atoms with Crippen LogP contribution in [0.3, 0.4) is 0 Å². The van der Waals surface area contributed by atoms with Crippen molar-refractivity contribution >= 4 is 11.6 Å². The van der Waals surface area contributed by atoms with Crippen LogP contribution in [0.5, 0.6) is 0 Å². The Hall–Kier alpha value is -3.55. The molecule has 0 spiro atoms. The molecule has 0 aliphatic heterocycles. The van der Waals surface area contributed by atoms with E-state index in [4.69, 9.17) is 4.52 Å². The van der Waals surface area contributed by atoms with Crippen molar-refractivity contribution in [3.8, 4) is 11.4 Å². The second kappa shape index (κ2) is 10.5. The normalized spacial score (nSPS) is 10.9. The Labute approximate surface area is 181 Å². The van der Waals surface area contributed by atoms with E-state index in [2.05, 4.69) is 22.3 Å². The fourth-order valence-corrected chi connectivity index (χ4v) is 3.18. The predicted molar refractivity (Wildman–Crippen MR) is 116 cm³/mol. The van der Waals surface area contributed by atoms with Crippen molar-refractivity contribution in [3.05, 3.63) is 76.2 Å². The van der Waals surface area contributed by atoms with Crippen LogP contribution in [0.2, 0.25) is 0 Å². The molecular formula is C23H26N4O4. The summed E-state index contributed by atoms with van der Waals surface area (Å²) in [4.78, 5) is 29.3. The van der Waals surface area contributed by atoms with Crippen LogP contribution >= 0.6 is 0 Å². The number of benzene rings is 2. The molecule has 8 heteroatoms. The molecule has 0 radical (unpaired) electrons. The Morgan fingerprint density at radius 2 is 1.74 bits per heavy atom. The van der Waals surface area contributed by atoms with Crippen molar-refractivity contribution in [1.29, 1.82) is 0 Å². The van der Waals surface area contributed by atoms with Gasteiger partial charge in [-0.1, -0.05) is 49.3 Å². The number of aromatic nitrogens is 2. The smallest absolute Gasteiger partial charge is 0.269 e. The van der Waals surface area contributed by atoms with Gasteiger partial charge in [0.25, 0.3) is 5.69 Å². The molecule has 0 N–H and O–H groups in total. The first-order valence-corrected chi connectivity index (χ1v) is 10.3. The SMILES string of the molecule is CC(C)CC(=O)N(CCc1ccccc1)CCc1nc(-c2ccc([N+](=O)[O-])cc2)no1. The molecule has 1 aromatic heterocycles. The van der Waals surface area contributed by atoms with Gasteiger partial charge < -0.3 is 9.42 Å². The van der Waals surface area contributed by atoms with Crippen molar-refractivity contribution in [3.63, 3.8) is 0 Å². The molecule has 0 bridgehead atoms. The fourth-order valence-electron chi connectivity index (χ4n) is 3.18. The molecule has 0 saturated carbocycles. The van der Waals surface area contributed by atoms with Gasteiger partial charge in [-0.3, -0.25) is 14.9 Å². The maximum absolute atomic E-state index is 12.7. The molecule has 31 heavy (non-hydrogen) atoms. The van der Waals surface area contributed by atoms with Crippen molar-refractivity contribution in [2.24, 2.45) is 5.92 Å². The molecule has 0 aliphatic carbocycles. The molecule has 0 unspecified atom stereocenters. The minimum absolute atomic E-state index is 0.00481. The zero-order valence-electron chi connectivity index (χ0n) is 17.7. The maximum atomic E-state index is 12.7. The molecule has 1 heterocycles. The third-order valence-corrected chi connectivity index (χ3v) is 4.85. The minimum Gasteiger partial charge on any atom is -0.342 e. The fraction of sp³-hybridized carbons (Fsp3) is 0.348. The van der Waals surface area contributed by atoms with E-state index in [1.165, 1.54) is 17.7 Å². The number of non-ortho nitro benzene ring substituents is 1. The summed E-state index contributed by atoms with van der Waals surface area (Å²) in [6.45, 7) is 5.17. The first-order valence-electron chi connectivity index (χ1n) is 10.3. The van der Waals surface area contributed by atoms with Gasteiger partial charge in [-0.15, -0.1) is 0 Å². The molecular weight excluding hydrogens is 396 g/mol. The molecule has 3 rings (SSSR count). The summed E-state index contributed by atoms with van der Waals surface area (Å²) in [5, 5.41) is 14.8. The van der Waals surface area contributed by atoms with E-state index < -0.39 is 4.92 Å². The van der Waals surface area contributed by atoms with Gasteiger partial charge in [-0.05, 0) is 30.0 Å². The van der Waals surface area contributed by atoms with Crippen LogP contribution in [-0.4, -0.2) is 39.0 Å². The molecule has 3 aromatic rings. The Kier molecular flexibility index (Phi) is 7.48. The average molecular weight is 422 g/mol. The lowest BCUT2D eigenvalue weighted by atomic mass is 10.1. The molecule has 2 aromatic carbocycles. The number of hydrogen-bond acceptors (Lipinski definition) is 6. The van der Waals surface area contributed by atoms with Crippen molar-refractivity contribution in [2.45, 2.75) is 33.1 Å². The third-order valence-electron chi connectivity index (χ3n) is 4.85. The van der Waals surface area contributed by atoms with Gasteiger partial charge >= 0.3 is 0 Å². The highest BCUT2D eigenvalue weighted by molar-refractivity contribution is 5.76. The molecule has 8 nitrogen and oxygen atoms in total. The van der Waals surface area contributed by atoms with E-state index in [0.29, 0.717) is 43.2 Å².